The summed E-state index contributed by atoms with van der Waals surface area (Å²) in [6.45, 7) is 6.93. The quantitative estimate of drug-likeness (QED) is 0.457. The van der Waals surface area contributed by atoms with Gasteiger partial charge in [0, 0.05) is 49.6 Å². The molecule has 3 rings (SSSR count). The zero-order valence-electron chi connectivity index (χ0n) is 20.0. The predicted molar refractivity (Wildman–Crippen MR) is 131 cm³/mol. The third-order valence-electron chi connectivity index (χ3n) is 6.17. The SMILES string of the molecule is COCCN(CC(=O)N(Cc1cccn1Cc1ccccc1Cl)CC(C)C)C(=O)C1CCC1. The van der Waals surface area contributed by atoms with Crippen LogP contribution >= 0.6 is 11.6 Å². The maximum absolute atomic E-state index is 13.4. The second-order valence-electron chi connectivity index (χ2n) is 9.27. The van der Waals surface area contributed by atoms with Gasteiger partial charge in [0.05, 0.1) is 19.7 Å². The summed E-state index contributed by atoms with van der Waals surface area (Å²) in [5, 5.41) is 0.732. The Bertz CT molecular complexity index is 923. The van der Waals surface area contributed by atoms with Crippen molar-refractivity contribution in [1.82, 2.24) is 14.4 Å². The van der Waals surface area contributed by atoms with Crippen molar-refractivity contribution >= 4 is 23.4 Å². The summed E-state index contributed by atoms with van der Waals surface area (Å²) in [5.41, 5.74) is 2.08. The number of rotatable bonds is 12. The second kappa shape index (κ2) is 12.2. The van der Waals surface area contributed by atoms with Crippen molar-refractivity contribution < 1.29 is 14.3 Å². The van der Waals surface area contributed by atoms with Gasteiger partial charge in [-0.25, -0.2) is 0 Å². The summed E-state index contributed by atoms with van der Waals surface area (Å²) in [6, 6.07) is 11.8. The van der Waals surface area contributed by atoms with Crippen LogP contribution in [0.3, 0.4) is 0 Å². The molecule has 0 saturated heterocycles. The lowest BCUT2D eigenvalue weighted by molar-refractivity contribution is -0.145. The molecule has 0 unspecified atom stereocenters. The molecule has 180 valence electrons. The molecule has 1 heterocycles. The molecule has 6 nitrogen and oxygen atoms in total. The first-order valence-corrected chi connectivity index (χ1v) is 12.2. The number of hydrogen-bond donors (Lipinski definition) is 0. The van der Waals surface area contributed by atoms with Gasteiger partial charge >= 0.3 is 0 Å². The molecule has 0 atom stereocenters. The van der Waals surface area contributed by atoms with Crippen molar-refractivity contribution in [3.05, 3.63) is 58.9 Å². The molecule has 1 aromatic carbocycles. The van der Waals surface area contributed by atoms with Gasteiger partial charge in [-0.15, -0.1) is 0 Å². The molecule has 33 heavy (non-hydrogen) atoms. The molecule has 1 fully saturated rings. The Morgan fingerprint density at radius 1 is 1.15 bits per heavy atom. The van der Waals surface area contributed by atoms with Crippen molar-refractivity contribution in [2.24, 2.45) is 11.8 Å². The first kappa shape index (κ1) is 25.3. The highest BCUT2D eigenvalue weighted by atomic mass is 35.5. The van der Waals surface area contributed by atoms with Crippen molar-refractivity contribution in [1.29, 1.82) is 0 Å². The summed E-state index contributed by atoms with van der Waals surface area (Å²) in [5.74, 6) is 0.424. The average Bonchev–Trinajstić information content (AvgIpc) is 3.17. The van der Waals surface area contributed by atoms with Gasteiger partial charge in [0.2, 0.25) is 11.8 Å². The van der Waals surface area contributed by atoms with Crippen molar-refractivity contribution in [2.75, 3.05) is 33.4 Å². The van der Waals surface area contributed by atoms with E-state index >= 15 is 0 Å². The fourth-order valence-corrected chi connectivity index (χ4v) is 4.29. The van der Waals surface area contributed by atoms with E-state index in [1.54, 1.807) is 12.0 Å². The van der Waals surface area contributed by atoms with Crippen LogP contribution in [0.1, 0.15) is 44.4 Å². The number of methoxy groups -OCH3 is 1. The molecule has 1 saturated carbocycles. The Kier molecular flexibility index (Phi) is 9.39. The Morgan fingerprint density at radius 3 is 2.55 bits per heavy atom. The van der Waals surface area contributed by atoms with E-state index in [4.69, 9.17) is 16.3 Å². The number of carbonyl (C=O) groups excluding carboxylic acids is 2. The average molecular weight is 474 g/mol. The molecule has 0 radical (unpaired) electrons. The molecule has 0 aliphatic heterocycles. The molecule has 2 amide bonds. The van der Waals surface area contributed by atoms with Crippen LogP contribution in [-0.4, -0.2) is 59.5 Å². The number of benzene rings is 1. The molecule has 1 aliphatic carbocycles. The Labute approximate surface area is 202 Å². The zero-order valence-corrected chi connectivity index (χ0v) is 20.8. The van der Waals surface area contributed by atoms with Crippen LogP contribution in [0.15, 0.2) is 42.6 Å². The van der Waals surface area contributed by atoms with Crippen LogP contribution in [0.25, 0.3) is 0 Å². The molecular weight excluding hydrogens is 438 g/mol. The first-order chi connectivity index (χ1) is 15.9. The van der Waals surface area contributed by atoms with Crippen LogP contribution in [0.2, 0.25) is 5.02 Å². The molecule has 0 N–H and O–H groups in total. The van der Waals surface area contributed by atoms with E-state index in [0.29, 0.717) is 38.7 Å². The number of halogens is 1. The van der Waals surface area contributed by atoms with Gasteiger partial charge < -0.3 is 19.1 Å². The van der Waals surface area contributed by atoms with Gasteiger partial charge in [0.25, 0.3) is 0 Å². The number of carbonyl (C=O) groups is 2. The van der Waals surface area contributed by atoms with Crippen LogP contribution < -0.4 is 0 Å². The predicted octanol–water partition coefficient (Wildman–Crippen LogP) is 4.45. The van der Waals surface area contributed by atoms with Gasteiger partial charge in [-0.3, -0.25) is 9.59 Å². The third kappa shape index (κ3) is 7.08. The Balaban J connectivity index is 1.72. The van der Waals surface area contributed by atoms with Gasteiger partial charge in [0.15, 0.2) is 0 Å². The Hall–Kier alpha value is -2.31. The van der Waals surface area contributed by atoms with Crippen molar-refractivity contribution in [3.63, 3.8) is 0 Å². The highest BCUT2D eigenvalue weighted by Crippen LogP contribution is 2.28. The minimum absolute atomic E-state index is 0.0297. The van der Waals surface area contributed by atoms with E-state index in [1.807, 2.05) is 47.5 Å². The standard InChI is InChI=1S/C26H36ClN3O3/c1-20(2)16-30(25(31)19-29(14-15-33-3)26(32)21-9-6-10-21)18-23-11-7-13-28(23)17-22-8-4-5-12-24(22)27/h4-5,7-8,11-13,20-21H,6,9-10,14-19H2,1-3H3. The summed E-state index contributed by atoms with van der Waals surface area (Å²) in [6.07, 6.45) is 4.94. The van der Waals surface area contributed by atoms with Crippen LogP contribution in [0, 0.1) is 11.8 Å². The molecule has 1 aromatic heterocycles. The lowest BCUT2D eigenvalue weighted by Crippen LogP contribution is -2.47. The molecule has 2 aromatic rings. The largest absolute Gasteiger partial charge is 0.383 e. The summed E-state index contributed by atoms with van der Waals surface area (Å²) in [7, 11) is 1.62. The number of hydrogen-bond acceptors (Lipinski definition) is 3. The Morgan fingerprint density at radius 2 is 1.91 bits per heavy atom. The van der Waals surface area contributed by atoms with Crippen LogP contribution in [0.5, 0.6) is 0 Å². The van der Waals surface area contributed by atoms with Crippen molar-refractivity contribution in [3.8, 4) is 0 Å². The molecular formula is C26H36ClN3O3. The minimum atomic E-state index is -0.0297. The van der Waals surface area contributed by atoms with E-state index in [9.17, 15) is 9.59 Å². The summed E-state index contributed by atoms with van der Waals surface area (Å²) in [4.78, 5) is 29.9. The topological polar surface area (TPSA) is 54.8 Å². The lowest BCUT2D eigenvalue weighted by Gasteiger charge is -2.33. The number of aromatic nitrogens is 1. The minimum Gasteiger partial charge on any atom is -0.383 e. The van der Waals surface area contributed by atoms with Crippen LogP contribution in [-0.2, 0) is 27.4 Å². The highest BCUT2D eigenvalue weighted by Gasteiger charge is 2.31. The molecule has 0 bridgehead atoms. The van der Waals surface area contributed by atoms with E-state index in [0.717, 1.165) is 35.5 Å². The monoisotopic (exact) mass is 473 g/mol. The maximum atomic E-state index is 13.4. The number of amides is 2. The van der Waals surface area contributed by atoms with E-state index in [-0.39, 0.29) is 24.3 Å². The summed E-state index contributed by atoms with van der Waals surface area (Å²) >= 11 is 6.36. The van der Waals surface area contributed by atoms with Crippen LogP contribution in [0.4, 0.5) is 0 Å². The van der Waals surface area contributed by atoms with Crippen molar-refractivity contribution in [2.45, 2.75) is 46.2 Å². The fraction of sp³-hybridized carbons (Fsp3) is 0.538. The van der Waals surface area contributed by atoms with Gasteiger partial charge in [0.1, 0.15) is 0 Å². The number of ether oxygens (including phenoxy) is 1. The third-order valence-corrected chi connectivity index (χ3v) is 6.54. The highest BCUT2D eigenvalue weighted by molar-refractivity contribution is 6.31. The maximum Gasteiger partial charge on any atom is 0.242 e. The zero-order chi connectivity index (χ0) is 23.8. The molecule has 1 aliphatic rings. The van der Waals surface area contributed by atoms with Gasteiger partial charge in [-0.1, -0.05) is 50.1 Å². The molecule has 0 spiro atoms. The van der Waals surface area contributed by atoms with E-state index < -0.39 is 0 Å². The lowest BCUT2D eigenvalue weighted by atomic mass is 9.84. The number of nitrogens with zero attached hydrogens (tertiary/aromatic N) is 3. The van der Waals surface area contributed by atoms with E-state index in [2.05, 4.69) is 18.4 Å². The second-order valence-corrected chi connectivity index (χ2v) is 9.67. The van der Waals surface area contributed by atoms with Gasteiger partial charge in [-0.2, -0.15) is 0 Å². The first-order valence-electron chi connectivity index (χ1n) is 11.8. The normalized spacial score (nSPS) is 13.7. The summed E-state index contributed by atoms with van der Waals surface area (Å²) < 4.78 is 7.32. The fourth-order valence-electron chi connectivity index (χ4n) is 4.09. The smallest absolute Gasteiger partial charge is 0.242 e. The molecule has 7 heteroatoms. The van der Waals surface area contributed by atoms with Gasteiger partial charge in [-0.05, 0) is 42.5 Å². The van der Waals surface area contributed by atoms with E-state index in [1.165, 1.54) is 0 Å².